The molecular weight excluding hydrogens is 364 g/mol. The van der Waals surface area contributed by atoms with Gasteiger partial charge in [0.2, 0.25) is 5.95 Å². The molecule has 0 unspecified atom stereocenters. The second-order valence-corrected chi connectivity index (χ2v) is 7.02. The molecule has 0 saturated carbocycles. The van der Waals surface area contributed by atoms with Gasteiger partial charge in [0.25, 0.3) is 0 Å². The minimum Gasteiger partial charge on any atom is -0.496 e. The molecule has 2 N–H and O–H groups in total. The molecule has 1 aliphatic rings. The van der Waals surface area contributed by atoms with E-state index in [2.05, 4.69) is 61.0 Å². The summed E-state index contributed by atoms with van der Waals surface area (Å²) in [7, 11) is 1.69. The predicted molar refractivity (Wildman–Crippen MR) is 116 cm³/mol. The molecule has 0 bridgehead atoms. The average Bonchev–Trinajstić information content (AvgIpc) is 3.30. The normalized spacial score (nSPS) is 13.3. The van der Waals surface area contributed by atoms with Crippen LogP contribution in [0.15, 0.2) is 54.7 Å². The minimum atomic E-state index is 0.499. The van der Waals surface area contributed by atoms with Gasteiger partial charge in [-0.3, -0.25) is 0 Å². The molecule has 29 heavy (non-hydrogen) atoms. The Morgan fingerprint density at radius 3 is 2.62 bits per heavy atom. The highest BCUT2D eigenvalue weighted by Crippen LogP contribution is 2.23. The van der Waals surface area contributed by atoms with Crippen LogP contribution in [0.4, 0.5) is 23.1 Å². The van der Waals surface area contributed by atoms with Gasteiger partial charge in [-0.05, 0) is 55.2 Å². The Labute approximate surface area is 171 Å². The third-order valence-corrected chi connectivity index (χ3v) is 5.04. The van der Waals surface area contributed by atoms with Crippen LogP contribution in [0.5, 0.6) is 5.75 Å². The second-order valence-electron chi connectivity index (χ2n) is 7.02. The van der Waals surface area contributed by atoms with Crippen LogP contribution in [-0.4, -0.2) is 41.9 Å². The van der Waals surface area contributed by atoms with Gasteiger partial charge in [0.15, 0.2) is 5.82 Å². The average molecular weight is 390 g/mol. The summed E-state index contributed by atoms with van der Waals surface area (Å²) in [5, 5.41) is 14.6. The highest BCUT2D eigenvalue weighted by Gasteiger charge is 2.12. The smallest absolute Gasteiger partial charge is 0.244 e. The first kappa shape index (κ1) is 19.0. The molecule has 2 aromatic carbocycles. The zero-order valence-corrected chi connectivity index (χ0v) is 16.6. The molecule has 7 nitrogen and oxygen atoms in total. The quantitative estimate of drug-likeness (QED) is 0.604. The topological polar surface area (TPSA) is 75.2 Å². The van der Waals surface area contributed by atoms with Gasteiger partial charge >= 0.3 is 0 Å². The fourth-order valence-electron chi connectivity index (χ4n) is 3.54. The van der Waals surface area contributed by atoms with Gasteiger partial charge in [0, 0.05) is 31.0 Å². The van der Waals surface area contributed by atoms with Gasteiger partial charge in [-0.1, -0.05) is 18.2 Å². The monoisotopic (exact) mass is 390 g/mol. The molecule has 1 saturated heterocycles. The van der Waals surface area contributed by atoms with Gasteiger partial charge in [-0.2, -0.15) is 10.1 Å². The van der Waals surface area contributed by atoms with Gasteiger partial charge in [-0.25, -0.2) is 0 Å². The van der Waals surface area contributed by atoms with Crippen molar-refractivity contribution in [3.05, 3.63) is 60.3 Å². The Kier molecular flexibility index (Phi) is 6.04. The van der Waals surface area contributed by atoms with Crippen LogP contribution in [0, 0.1) is 0 Å². The Hall–Kier alpha value is -3.35. The molecule has 1 fully saturated rings. The fourth-order valence-corrected chi connectivity index (χ4v) is 3.54. The maximum atomic E-state index is 5.39. The van der Waals surface area contributed by atoms with Crippen molar-refractivity contribution in [3.63, 3.8) is 0 Å². The Morgan fingerprint density at radius 2 is 1.83 bits per heavy atom. The molecular formula is C22H26N6O. The summed E-state index contributed by atoms with van der Waals surface area (Å²) < 4.78 is 5.39. The molecule has 150 valence electrons. The number of para-hydroxylation sites is 1. The summed E-state index contributed by atoms with van der Waals surface area (Å²) in [6, 6.07) is 16.4. The minimum absolute atomic E-state index is 0.499. The van der Waals surface area contributed by atoms with Crippen molar-refractivity contribution < 1.29 is 4.74 Å². The summed E-state index contributed by atoms with van der Waals surface area (Å²) in [6.45, 7) is 2.98. The summed E-state index contributed by atoms with van der Waals surface area (Å²) >= 11 is 0. The van der Waals surface area contributed by atoms with E-state index in [9.17, 15) is 0 Å². The molecule has 0 radical (unpaired) electrons. The summed E-state index contributed by atoms with van der Waals surface area (Å²) in [5.74, 6) is 2.05. The first-order valence-electron chi connectivity index (χ1n) is 9.99. The van der Waals surface area contributed by atoms with Crippen molar-refractivity contribution in [2.24, 2.45) is 0 Å². The highest BCUT2D eigenvalue weighted by molar-refractivity contribution is 5.61. The molecule has 1 aliphatic heterocycles. The molecule has 2 heterocycles. The molecule has 0 aliphatic carbocycles. The predicted octanol–water partition coefficient (Wildman–Crippen LogP) is 3.88. The zero-order chi connectivity index (χ0) is 19.9. The molecule has 0 spiro atoms. The Bertz CT molecular complexity index is 925. The van der Waals surface area contributed by atoms with Crippen LogP contribution >= 0.6 is 0 Å². The Balaban J connectivity index is 1.33. The molecule has 0 amide bonds. The molecule has 7 heteroatoms. The number of hydrogen-bond donors (Lipinski definition) is 2. The first-order chi connectivity index (χ1) is 14.3. The van der Waals surface area contributed by atoms with Crippen LogP contribution in [0.3, 0.4) is 0 Å². The second kappa shape index (κ2) is 9.23. The van der Waals surface area contributed by atoms with E-state index in [4.69, 9.17) is 4.74 Å². The maximum Gasteiger partial charge on any atom is 0.244 e. The van der Waals surface area contributed by atoms with Crippen molar-refractivity contribution in [2.75, 3.05) is 42.3 Å². The van der Waals surface area contributed by atoms with Gasteiger partial charge in [0.05, 0.1) is 13.3 Å². The summed E-state index contributed by atoms with van der Waals surface area (Å²) in [6.07, 6.45) is 4.99. The van der Waals surface area contributed by atoms with Crippen molar-refractivity contribution in [1.29, 1.82) is 0 Å². The lowest BCUT2D eigenvalue weighted by atomic mass is 10.1. The lowest BCUT2D eigenvalue weighted by Gasteiger charge is -2.17. The van der Waals surface area contributed by atoms with E-state index in [0.29, 0.717) is 18.3 Å². The maximum absolute atomic E-state index is 5.39. The highest BCUT2D eigenvalue weighted by atomic mass is 16.5. The number of rotatable bonds is 8. The largest absolute Gasteiger partial charge is 0.496 e. The van der Waals surface area contributed by atoms with E-state index >= 15 is 0 Å². The molecule has 3 aromatic rings. The number of anilines is 4. The zero-order valence-electron chi connectivity index (χ0n) is 16.6. The number of nitrogens with zero attached hydrogens (tertiary/aromatic N) is 4. The van der Waals surface area contributed by atoms with Crippen LogP contribution in [0.1, 0.15) is 18.4 Å². The number of ether oxygens (including phenoxy) is 1. The van der Waals surface area contributed by atoms with E-state index in [1.807, 2.05) is 18.2 Å². The van der Waals surface area contributed by atoms with Crippen LogP contribution in [-0.2, 0) is 6.42 Å². The number of nitrogens with one attached hydrogen (secondary N) is 2. The number of benzene rings is 2. The fraction of sp³-hybridized carbons (Fsp3) is 0.318. The molecule has 1 aromatic heterocycles. The number of methoxy groups -OCH3 is 1. The third kappa shape index (κ3) is 4.93. The van der Waals surface area contributed by atoms with E-state index in [-0.39, 0.29) is 0 Å². The van der Waals surface area contributed by atoms with Gasteiger partial charge in [0.1, 0.15) is 5.75 Å². The van der Waals surface area contributed by atoms with Crippen LogP contribution < -0.4 is 20.3 Å². The lowest BCUT2D eigenvalue weighted by molar-refractivity contribution is 0.410. The van der Waals surface area contributed by atoms with Crippen molar-refractivity contribution in [3.8, 4) is 5.75 Å². The lowest BCUT2D eigenvalue weighted by Crippen LogP contribution is -2.17. The number of aromatic nitrogens is 3. The van der Waals surface area contributed by atoms with Gasteiger partial charge < -0.3 is 20.3 Å². The van der Waals surface area contributed by atoms with E-state index in [0.717, 1.165) is 36.5 Å². The first-order valence-corrected chi connectivity index (χ1v) is 9.99. The van der Waals surface area contributed by atoms with E-state index in [1.165, 1.54) is 18.5 Å². The van der Waals surface area contributed by atoms with Crippen LogP contribution in [0.25, 0.3) is 0 Å². The SMILES string of the molecule is COc1ccccc1CCNc1nncc(Nc2ccc(N3CCCC3)cc2)n1. The van der Waals surface area contributed by atoms with Crippen molar-refractivity contribution in [2.45, 2.75) is 19.3 Å². The summed E-state index contributed by atoms with van der Waals surface area (Å²) in [5.41, 5.74) is 3.39. The third-order valence-electron chi connectivity index (χ3n) is 5.04. The van der Waals surface area contributed by atoms with Crippen molar-refractivity contribution >= 4 is 23.1 Å². The van der Waals surface area contributed by atoms with E-state index in [1.54, 1.807) is 13.3 Å². The molecule has 4 rings (SSSR count). The van der Waals surface area contributed by atoms with Crippen molar-refractivity contribution in [1.82, 2.24) is 15.2 Å². The summed E-state index contributed by atoms with van der Waals surface area (Å²) in [4.78, 5) is 6.92. The Morgan fingerprint density at radius 1 is 1.03 bits per heavy atom. The van der Waals surface area contributed by atoms with Gasteiger partial charge in [-0.15, -0.1) is 5.10 Å². The number of hydrogen-bond acceptors (Lipinski definition) is 7. The molecule has 0 atom stereocenters. The van der Waals surface area contributed by atoms with Crippen LogP contribution in [0.2, 0.25) is 0 Å². The van der Waals surface area contributed by atoms with E-state index < -0.39 is 0 Å². The standard InChI is InChI=1S/C22H26N6O/c1-29-20-7-3-2-6-17(20)12-13-23-22-26-21(16-24-27-22)25-18-8-10-19(11-9-18)28-14-4-5-15-28/h2-3,6-11,16H,4-5,12-15H2,1H3,(H2,23,25,26,27).